The summed E-state index contributed by atoms with van der Waals surface area (Å²) in [5.41, 5.74) is 1.24. The van der Waals surface area contributed by atoms with Gasteiger partial charge in [-0.1, -0.05) is 37.8 Å². The minimum absolute atomic E-state index is 0.333. The molecule has 1 unspecified atom stereocenters. The highest BCUT2D eigenvalue weighted by atomic mass is 16.5. The van der Waals surface area contributed by atoms with E-state index in [0.29, 0.717) is 12.5 Å². The monoisotopic (exact) mass is 263 g/mol. The number of nitrogens with one attached hydrogen (secondary N) is 1. The number of rotatable bonds is 7. The zero-order chi connectivity index (χ0) is 13.5. The van der Waals surface area contributed by atoms with Crippen LogP contribution < -0.4 is 10.1 Å². The van der Waals surface area contributed by atoms with Crippen molar-refractivity contribution in [1.82, 2.24) is 5.32 Å². The van der Waals surface area contributed by atoms with E-state index in [1.165, 1.54) is 31.2 Å². The molecule has 2 N–H and O–H groups in total. The third-order valence-corrected chi connectivity index (χ3v) is 3.83. The normalized spacial score (nSPS) is 17.6. The fraction of sp³-hybridized carbons (Fsp3) is 0.625. The van der Waals surface area contributed by atoms with E-state index in [0.717, 1.165) is 18.7 Å². The van der Waals surface area contributed by atoms with E-state index in [9.17, 15) is 5.11 Å². The van der Waals surface area contributed by atoms with Gasteiger partial charge in [0.1, 0.15) is 12.4 Å². The first-order chi connectivity index (χ1) is 9.28. The van der Waals surface area contributed by atoms with E-state index in [4.69, 9.17) is 4.74 Å². The van der Waals surface area contributed by atoms with Crippen LogP contribution in [-0.2, 0) is 6.54 Å². The Morgan fingerprint density at radius 2 is 1.95 bits per heavy atom. The zero-order valence-electron chi connectivity index (χ0n) is 11.8. The van der Waals surface area contributed by atoms with Crippen LogP contribution in [0.15, 0.2) is 24.3 Å². The molecule has 19 heavy (non-hydrogen) atoms. The summed E-state index contributed by atoms with van der Waals surface area (Å²) < 4.78 is 5.64. The first kappa shape index (κ1) is 14.4. The van der Waals surface area contributed by atoms with Gasteiger partial charge in [-0.15, -0.1) is 0 Å². The van der Waals surface area contributed by atoms with Crippen molar-refractivity contribution in [3.8, 4) is 5.75 Å². The highest BCUT2D eigenvalue weighted by Crippen LogP contribution is 2.28. The number of hydrogen-bond donors (Lipinski definition) is 2. The van der Waals surface area contributed by atoms with Crippen molar-refractivity contribution in [2.24, 2.45) is 5.92 Å². The minimum atomic E-state index is -0.333. The molecule has 1 aromatic rings. The van der Waals surface area contributed by atoms with E-state index < -0.39 is 0 Å². The molecular weight excluding hydrogens is 238 g/mol. The van der Waals surface area contributed by atoms with Crippen molar-refractivity contribution in [3.05, 3.63) is 29.8 Å². The van der Waals surface area contributed by atoms with Crippen molar-refractivity contribution in [1.29, 1.82) is 0 Å². The van der Waals surface area contributed by atoms with Gasteiger partial charge >= 0.3 is 0 Å². The quantitative estimate of drug-likeness (QED) is 0.795. The van der Waals surface area contributed by atoms with E-state index in [1.54, 1.807) is 0 Å². The second-order valence-electron chi connectivity index (χ2n) is 5.53. The lowest BCUT2D eigenvalue weighted by atomic mass is 10.0. The maximum absolute atomic E-state index is 9.97. The lowest BCUT2D eigenvalue weighted by Gasteiger charge is -2.16. The number of hydrogen-bond acceptors (Lipinski definition) is 3. The minimum Gasteiger partial charge on any atom is -0.491 e. The van der Waals surface area contributed by atoms with Crippen LogP contribution in [0.4, 0.5) is 0 Å². The molecule has 0 saturated heterocycles. The number of benzene rings is 1. The van der Waals surface area contributed by atoms with Gasteiger partial charge in [0.05, 0.1) is 6.10 Å². The maximum Gasteiger partial charge on any atom is 0.119 e. The van der Waals surface area contributed by atoms with Crippen molar-refractivity contribution in [2.75, 3.05) is 13.7 Å². The van der Waals surface area contributed by atoms with Crippen molar-refractivity contribution in [3.63, 3.8) is 0 Å². The summed E-state index contributed by atoms with van der Waals surface area (Å²) in [5, 5.41) is 13.1. The summed E-state index contributed by atoms with van der Waals surface area (Å²) in [5.74, 6) is 1.54. The van der Waals surface area contributed by atoms with Crippen molar-refractivity contribution in [2.45, 2.75) is 44.8 Å². The predicted octanol–water partition coefficient (Wildman–Crippen LogP) is 2.73. The van der Waals surface area contributed by atoms with Gasteiger partial charge in [-0.3, -0.25) is 0 Å². The Morgan fingerprint density at radius 3 is 2.58 bits per heavy atom. The highest BCUT2D eigenvalue weighted by molar-refractivity contribution is 5.27. The number of aliphatic hydroxyl groups is 1. The molecule has 1 saturated carbocycles. The van der Waals surface area contributed by atoms with Gasteiger partial charge in [-0.25, -0.2) is 0 Å². The lowest BCUT2D eigenvalue weighted by molar-refractivity contribution is 0.0855. The second-order valence-corrected chi connectivity index (χ2v) is 5.53. The van der Waals surface area contributed by atoms with Crippen LogP contribution in [0.3, 0.4) is 0 Å². The molecular formula is C16H25NO2. The third-order valence-electron chi connectivity index (χ3n) is 3.83. The summed E-state index contributed by atoms with van der Waals surface area (Å²) in [7, 11) is 1.93. The average molecular weight is 263 g/mol. The Hall–Kier alpha value is -1.06. The third kappa shape index (κ3) is 4.84. The second kappa shape index (κ2) is 7.51. The van der Waals surface area contributed by atoms with Crippen LogP contribution in [0.2, 0.25) is 0 Å². The van der Waals surface area contributed by atoms with Gasteiger partial charge in [0, 0.05) is 6.54 Å². The Kier molecular flexibility index (Phi) is 5.67. The molecule has 1 aliphatic carbocycles. The van der Waals surface area contributed by atoms with Crippen LogP contribution in [0.5, 0.6) is 5.75 Å². The fourth-order valence-corrected chi connectivity index (χ4v) is 2.80. The van der Waals surface area contributed by atoms with Gasteiger partial charge < -0.3 is 15.2 Å². The predicted molar refractivity (Wildman–Crippen MR) is 77.3 cm³/mol. The summed E-state index contributed by atoms with van der Waals surface area (Å²) >= 11 is 0. The molecule has 1 aliphatic rings. The van der Waals surface area contributed by atoms with Crippen LogP contribution in [0.1, 0.15) is 37.7 Å². The molecule has 0 radical (unpaired) electrons. The smallest absolute Gasteiger partial charge is 0.119 e. The molecule has 0 aromatic heterocycles. The SMILES string of the molecule is CNCc1ccc(OCC(O)CC2CCCC2)cc1. The van der Waals surface area contributed by atoms with E-state index in [1.807, 2.05) is 19.2 Å². The number of aliphatic hydroxyl groups excluding tert-OH is 1. The van der Waals surface area contributed by atoms with Gasteiger partial charge in [0.2, 0.25) is 0 Å². The number of ether oxygens (including phenoxy) is 1. The molecule has 0 heterocycles. The molecule has 3 heteroatoms. The highest BCUT2D eigenvalue weighted by Gasteiger charge is 2.19. The summed E-state index contributed by atoms with van der Waals surface area (Å²) in [6, 6.07) is 8.04. The van der Waals surface area contributed by atoms with Gasteiger partial charge in [0.25, 0.3) is 0 Å². The van der Waals surface area contributed by atoms with Crippen LogP contribution in [-0.4, -0.2) is 24.9 Å². The topological polar surface area (TPSA) is 41.5 Å². The van der Waals surface area contributed by atoms with Crippen LogP contribution in [0.25, 0.3) is 0 Å². The van der Waals surface area contributed by atoms with E-state index in [-0.39, 0.29) is 6.10 Å². The van der Waals surface area contributed by atoms with Gasteiger partial charge in [-0.2, -0.15) is 0 Å². The Morgan fingerprint density at radius 1 is 1.26 bits per heavy atom. The lowest BCUT2D eigenvalue weighted by Crippen LogP contribution is -2.20. The van der Waals surface area contributed by atoms with Crippen molar-refractivity contribution >= 4 is 0 Å². The molecule has 0 aliphatic heterocycles. The Bertz CT molecular complexity index is 358. The summed E-state index contributed by atoms with van der Waals surface area (Å²) in [4.78, 5) is 0. The maximum atomic E-state index is 9.97. The molecule has 0 spiro atoms. The zero-order valence-corrected chi connectivity index (χ0v) is 11.8. The first-order valence-corrected chi connectivity index (χ1v) is 7.32. The van der Waals surface area contributed by atoms with E-state index >= 15 is 0 Å². The summed E-state index contributed by atoms with van der Waals surface area (Å²) in [6.07, 6.45) is 5.75. The first-order valence-electron chi connectivity index (χ1n) is 7.32. The standard InChI is InChI=1S/C16H25NO2/c1-17-11-14-6-8-16(9-7-14)19-12-15(18)10-13-4-2-3-5-13/h6-9,13,15,17-18H,2-5,10-12H2,1H3. The Labute approximate surface area is 116 Å². The molecule has 106 valence electrons. The molecule has 1 fully saturated rings. The molecule has 1 aromatic carbocycles. The summed E-state index contributed by atoms with van der Waals surface area (Å²) in [6.45, 7) is 1.27. The fourth-order valence-electron chi connectivity index (χ4n) is 2.80. The van der Waals surface area contributed by atoms with Crippen LogP contribution >= 0.6 is 0 Å². The van der Waals surface area contributed by atoms with Gasteiger partial charge in [-0.05, 0) is 37.1 Å². The molecule has 0 bridgehead atoms. The average Bonchev–Trinajstić information content (AvgIpc) is 2.91. The van der Waals surface area contributed by atoms with E-state index in [2.05, 4.69) is 17.4 Å². The largest absolute Gasteiger partial charge is 0.491 e. The van der Waals surface area contributed by atoms with Crippen LogP contribution in [0, 0.1) is 5.92 Å². The molecule has 0 amide bonds. The Balaban J connectivity index is 1.71. The molecule has 2 rings (SSSR count). The molecule has 3 nitrogen and oxygen atoms in total. The van der Waals surface area contributed by atoms with Crippen molar-refractivity contribution < 1.29 is 9.84 Å². The van der Waals surface area contributed by atoms with Gasteiger partial charge in [0.15, 0.2) is 0 Å². The molecule has 1 atom stereocenters.